The zero-order valence-electron chi connectivity index (χ0n) is 18.6. The molecule has 0 aromatic carbocycles. The van der Waals surface area contributed by atoms with E-state index in [1.807, 2.05) is 17.2 Å². The number of carbonyl (C=O) groups is 2. The van der Waals surface area contributed by atoms with Crippen LogP contribution in [0.5, 0.6) is 0 Å². The van der Waals surface area contributed by atoms with Gasteiger partial charge in [0, 0.05) is 43.7 Å². The Morgan fingerprint density at radius 2 is 2.00 bits per heavy atom. The molecule has 0 radical (unpaired) electrons. The second-order valence-corrected chi connectivity index (χ2v) is 8.86. The molecule has 1 aromatic heterocycles. The highest BCUT2D eigenvalue weighted by atomic mass is 16.4. The monoisotopic (exact) mass is 418 g/mol. The highest BCUT2D eigenvalue weighted by molar-refractivity contribution is 5.77. The fourth-order valence-electron chi connectivity index (χ4n) is 4.14. The van der Waals surface area contributed by atoms with Crippen LogP contribution in [0.4, 0.5) is 0 Å². The van der Waals surface area contributed by atoms with E-state index in [-0.39, 0.29) is 18.4 Å². The lowest BCUT2D eigenvalue weighted by Crippen LogP contribution is -2.44. The Morgan fingerprint density at radius 3 is 2.67 bits per heavy atom. The van der Waals surface area contributed by atoms with Crippen molar-refractivity contribution >= 4 is 11.9 Å². The van der Waals surface area contributed by atoms with Crippen LogP contribution in [0, 0.1) is 0 Å². The molecule has 2 N–H and O–H groups in total. The molecule has 0 aliphatic carbocycles. The van der Waals surface area contributed by atoms with Gasteiger partial charge in [-0.3, -0.25) is 14.6 Å². The number of pyridine rings is 1. The van der Waals surface area contributed by atoms with Gasteiger partial charge >= 0.3 is 5.97 Å². The first kappa shape index (κ1) is 24.3. The van der Waals surface area contributed by atoms with Crippen LogP contribution >= 0.6 is 0 Å². The van der Waals surface area contributed by atoms with Crippen molar-refractivity contribution in [1.82, 2.24) is 9.88 Å². The number of aliphatic carboxylic acids is 1. The van der Waals surface area contributed by atoms with Crippen molar-refractivity contribution in [3.63, 3.8) is 0 Å². The van der Waals surface area contributed by atoms with E-state index in [2.05, 4.69) is 24.9 Å². The average molecular weight is 419 g/mol. The quantitative estimate of drug-likeness (QED) is 0.466. The number of aliphatic hydroxyl groups excluding tert-OH is 1. The molecule has 30 heavy (non-hydrogen) atoms. The van der Waals surface area contributed by atoms with Crippen molar-refractivity contribution in [3.8, 4) is 0 Å². The highest BCUT2D eigenvalue weighted by Gasteiger charge is 2.27. The van der Waals surface area contributed by atoms with Crippen molar-refractivity contribution in [2.24, 2.45) is 0 Å². The zero-order chi connectivity index (χ0) is 21.9. The number of nitrogens with zero attached hydrogens (tertiary/aromatic N) is 2. The van der Waals surface area contributed by atoms with Gasteiger partial charge in [0.1, 0.15) is 0 Å². The number of carbonyl (C=O) groups excluding carboxylic acids is 1. The summed E-state index contributed by atoms with van der Waals surface area (Å²) < 4.78 is 0. The second-order valence-electron chi connectivity index (χ2n) is 8.86. The maximum Gasteiger partial charge on any atom is 0.303 e. The molecule has 1 fully saturated rings. The standard InChI is InChI=1S/C24H38N2O4/c1-18(2)19-11-12-20(25-17-19)16-22(27)14-13-21-8-7-9-23(28)26(21)15-6-4-3-5-10-24(29)30/h11-12,17-18,21-22,27H,3-10,13-16H2,1-2H3,(H,29,30)/t21-,22?/m1/s1. The lowest BCUT2D eigenvalue weighted by Gasteiger charge is -2.36. The van der Waals surface area contributed by atoms with Gasteiger partial charge in [0.25, 0.3) is 0 Å². The molecule has 0 bridgehead atoms. The Balaban J connectivity index is 1.75. The van der Waals surface area contributed by atoms with Crippen LogP contribution in [-0.2, 0) is 16.0 Å². The molecule has 2 heterocycles. The van der Waals surface area contributed by atoms with Gasteiger partial charge in [-0.25, -0.2) is 0 Å². The summed E-state index contributed by atoms with van der Waals surface area (Å²) in [7, 11) is 0. The minimum Gasteiger partial charge on any atom is -0.481 e. The van der Waals surface area contributed by atoms with E-state index in [0.717, 1.165) is 50.8 Å². The number of amides is 1. The van der Waals surface area contributed by atoms with Crippen LogP contribution in [-0.4, -0.2) is 50.7 Å². The normalized spacial score (nSPS) is 18.1. The minimum absolute atomic E-state index is 0.205. The van der Waals surface area contributed by atoms with Gasteiger partial charge < -0.3 is 15.1 Å². The Labute approximate surface area is 180 Å². The number of aromatic nitrogens is 1. The Bertz CT molecular complexity index is 660. The molecule has 6 nitrogen and oxygen atoms in total. The van der Waals surface area contributed by atoms with E-state index in [1.165, 1.54) is 5.56 Å². The van der Waals surface area contributed by atoms with Crippen molar-refractivity contribution in [2.75, 3.05) is 6.54 Å². The summed E-state index contributed by atoms with van der Waals surface area (Å²) in [6.07, 6.45) is 9.68. The summed E-state index contributed by atoms with van der Waals surface area (Å²) >= 11 is 0. The van der Waals surface area contributed by atoms with Crippen molar-refractivity contribution in [3.05, 3.63) is 29.6 Å². The third-order valence-corrected chi connectivity index (χ3v) is 6.02. The van der Waals surface area contributed by atoms with E-state index < -0.39 is 12.1 Å². The lowest BCUT2D eigenvalue weighted by molar-refractivity contribution is -0.137. The topological polar surface area (TPSA) is 90.7 Å². The average Bonchev–Trinajstić information content (AvgIpc) is 2.70. The molecule has 168 valence electrons. The number of piperidine rings is 1. The molecule has 1 saturated heterocycles. The molecule has 1 amide bonds. The first-order chi connectivity index (χ1) is 14.4. The summed E-state index contributed by atoms with van der Waals surface area (Å²) in [6, 6.07) is 4.29. The smallest absolute Gasteiger partial charge is 0.303 e. The first-order valence-corrected chi connectivity index (χ1v) is 11.5. The van der Waals surface area contributed by atoms with Crippen LogP contribution in [0.25, 0.3) is 0 Å². The number of hydrogen-bond acceptors (Lipinski definition) is 4. The lowest BCUT2D eigenvalue weighted by atomic mass is 9.94. The highest BCUT2D eigenvalue weighted by Crippen LogP contribution is 2.24. The van der Waals surface area contributed by atoms with Gasteiger partial charge in [-0.15, -0.1) is 0 Å². The van der Waals surface area contributed by atoms with Crippen molar-refractivity contribution in [2.45, 2.75) is 103 Å². The van der Waals surface area contributed by atoms with Gasteiger partial charge in [-0.05, 0) is 56.1 Å². The number of likely N-dealkylation sites (tertiary alicyclic amines) is 1. The minimum atomic E-state index is -0.745. The molecule has 6 heteroatoms. The van der Waals surface area contributed by atoms with Crippen LogP contribution < -0.4 is 0 Å². The van der Waals surface area contributed by atoms with Crippen LogP contribution in [0.1, 0.15) is 95.2 Å². The maximum absolute atomic E-state index is 12.4. The Kier molecular flexibility index (Phi) is 10.3. The van der Waals surface area contributed by atoms with E-state index >= 15 is 0 Å². The number of unbranched alkanes of at least 4 members (excludes halogenated alkanes) is 3. The van der Waals surface area contributed by atoms with Gasteiger partial charge in [-0.1, -0.05) is 32.8 Å². The fourth-order valence-corrected chi connectivity index (χ4v) is 4.14. The summed E-state index contributed by atoms with van der Waals surface area (Å²) in [5, 5.41) is 19.2. The second kappa shape index (κ2) is 12.7. The van der Waals surface area contributed by atoms with Gasteiger partial charge in [0.2, 0.25) is 5.91 Å². The summed E-state index contributed by atoms with van der Waals surface area (Å²) in [6.45, 7) is 5.02. The summed E-state index contributed by atoms with van der Waals surface area (Å²) in [5.41, 5.74) is 2.11. The molecule has 1 aliphatic heterocycles. The molecule has 1 aliphatic rings. The van der Waals surface area contributed by atoms with E-state index in [0.29, 0.717) is 31.6 Å². The number of carboxylic acids is 1. The van der Waals surface area contributed by atoms with E-state index in [1.54, 1.807) is 0 Å². The van der Waals surface area contributed by atoms with Gasteiger partial charge in [-0.2, -0.15) is 0 Å². The number of aliphatic hydroxyl groups is 1. The predicted octanol–water partition coefficient (Wildman–Crippen LogP) is 4.30. The predicted molar refractivity (Wildman–Crippen MR) is 117 cm³/mol. The van der Waals surface area contributed by atoms with Crippen LogP contribution in [0.15, 0.2) is 18.3 Å². The molecular formula is C24H38N2O4. The molecule has 2 rings (SSSR count). The fraction of sp³-hybridized carbons (Fsp3) is 0.708. The molecular weight excluding hydrogens is 380 g/mol. The van der Waals surface area contributed by atoms with Crippen LogP contribution in [0.3, 0.4) is 0 Å². The Morgan fingerprint density at radius 1 is 1.23 bits per heavy atom. The first-order valence-electron chi connectivity index (χ1n) is 11.5. The maximum atomic E-state index is 12.4. The molecule has 1 unspecified atom stereocenters. The Hall–Kier alpha value is -1.95. The van der Waals surface area contributed by atoms with E-state index in [9.17, 15) is 14.7 Å². The van der Waals surface area contributed by atoms with Gasteiger partial charge in [0.15, 0.2) is 0 Å². The van der Waals surface area contributed by atoms with E-state index in [4.69, 9.17) is 5.11 Å². The largest absolute Gasteiger partial charge is 0.481 e. The number of carboxylic acid groups (broad SMARTS) is 1. The number of rotatable bonds is 13. The third kappa shape index (κ3) is 8.42. The summed E-state index contributed by atoms with van der Waals surface area (Å²) in [5.74, 6) is -0.0772. The number of hydrogen-bond donors (Lipinski definition) is 2. The molecule has 2 atom stereocenters. The zero-order valence-corrected chi connectivity index (χ0v) is 18.6. The van der Waals surface area contributed by atoms with Crippen molar-refractivity contribution < 1.29 is 19.8 Å². The molecule has 1 aromatic rings. The molecule has 0 saturated carbocycles. The van der Waals surface area contributed by atoms with Gasteiger partial charge in [0.05, 0.1) is 6.10 Å². The third-order valence-electron chi connectivity index (χ3n) is 6.02. The molecule has 0 spiro atoms. The van der Waals surface area contributed by atoms with Crippen LogP contribution in [0.2, 0.25) is 0 Å². The van der Waals surface area contributed by atoms with Crippen molar-refractivity contribution in [1.29, 1.82) is 0 Å². The summed E-state index contributed by atoms with van der Waals surface area (Å²) in [4.78, 5) is 29.5. The SMILES string of the molecule is CC(C)c1ccc(CC(O)CC[C@H]2CCCC(=O)N2CCCCCCC(=O)O)nc1.